The molecule has 0 radical (unpaired) electrons. The molecule has 138 valence electrons. The number of benzene rings is 1. The van der Waals surface area contributed by atoms with Crippen molar-refractivity contribution in [3.8, 4) is 17.1 Å². The van der Waals surface area contributed by atoms with Gasteiger partial charge in [0.25, 0.3) is 5.88 Å². The van der Waals surface area contributed by atoms with E-state index in [0.717, 1.165) is 5.56 Å². The van der Waals surface area contributed by atoms with Crippen molar-refractivity contribution >= 4 is 11.9 Å². The van der Waals surface area contributed by atoms with Crippen LogP contribution in [0.1, 0.15) is 13.8 Å². The molecule has 1 saturated heterocycles. The summed E-state index contributed by atoms with van der Waals surface area (Å²) in [5.41, 5.74) is 0.660. The lowest BCUT2D eigenvalue weighted by Crippen LogP contribution is -2.51. The van der Waals surface area contributed by atoms with Crippen LogP contribution in [0.25, 0.3) is 11.3 Å². The fourth-order valence-corrected chi connectivity index (χ4v) is 2.58. The van der Waals surface area contributed by atoms with Crippen LogP contribution >= 0.6 is 0 Å². The Morgan fingerprint density at radius 2 is 2.12 bits per heavy atom. The number of nitrogens with one attached hydrogen (secondary N) is 2. The fourth-order valence-electron chi connectivity index (χ4n) is 2.58. The number of carbonyl (C=O) groups is 2. The van der Waals surface area contributed by atoms with Crippen LogP contribution in [0.5, 0.6) is 5.88 Å². The average molecular weight is 359 g/mol. The topological polar surface area (TPSA) is 110 Å². The first-order valence-electron chi connectivity index (χ1n) is 8.29. The van der Waals surface area contributed by atoms with Crippen molar-refractivity contribution in [2.45, 2.75) is 19.4 Å². The molecule has 2 aromatic rings. The first kappa shape index (κ1) is 17.7. The number of carbonyl (C=O) groups excluding carboxylic acids is 2. The minimum atomic E-state index is -0.666. The summed E-state index contributed by atoms with van der Waals surface area (Å²) in [5, 5.41) is 13.2. The quantitative estimate of drug-likeness (QED) is 0.764. The molecule has 0 atom stereocenters. The van der Waals surface area contributed by atoms with Gasteiger partial charge in [0.15, 0.2) is 5.69 Å². The molecule has 0 unspecified atom stereocenters. The molecule has 9 heteroatoms. The van der Waals surface area contributed by atoms with Gasteiger partial charge in [-0.1, -0.05) is 30.3 Å². The molecule has 1 aromatic heterocycles. The highest BCUT2D eigenvalue weighted by molar-refractivity contribution is 5.85. The van der Waals surface area contributed by atoms with Crippen LogP contribution in [0.2, 0.25) is 0 Å². The summed E-state index contributed by atoms with van der Waals surface area (Å²) in [6, 6.07) is 9.19. The van der Waals surface area contributed by atoms with Crippen LogP contribution < -0.4 is 15.4 Å². The number of hydrogen-bond acceptors (Lipinski definition) is 6. The molecule has 0 saturated carbocycles. The highest BCUT2D eigenvalue weighted by Gasteiger charge is 2.27. The molecular weight excluding hydrogens is 338 g/mol. The van der Waals surface area contributed by atoms with E-state index in [4.69, 9.17) is 9.37 Å². The van der Waals surface area contributed by atoms with Gasteiger partial charge in [-0.05, 0) is 24.2 Å². The second kappa shape index (κ2) is 7.42. The van der Waals surface area contributed by atoms with Crippen LogP contribution in [-0.2, 0) is 4.79 Å². The summed E-state index contributed by atoms with van der Waals surface area (Å²) in [7, 11) is 0. The maximum absolute atomic E-state index is 12.2. The highest BCUT2D eigenvalue weighted by atomic mass is 16.6. The molecule has 2 heterocycles. The molecule has 0 bridgehead atoms. The van der Waals surface area contributed by atoms with E-state index < -0.39 is 5.54 Å². The van der Waals surface area contributed by atoms with Crippen molar-refractivity contribution in [2.75, 3.05) is 26.2 Å². The number of ether oxygens (including phenoxy) is 1. The Morgan fingerprint density at radius 3 is 2.81 bits per heavy atom. The van der Waals surface area contributed by atoms with E-state index >= 15 is 0 Å². The van der Waals surface area contributed by atoms with Crippen LogP contribution in [0.4, 0.5) is 4.79 Å². The molecule has 3 rings (SSSR count). The number of rotatable bonds is 7. The largest absolute Gasteiger partial charge is 0.471 e. The predicted molar refractivity (Wildman–Crippen MR) is 92.4 cm³/mol. The SMILES string of the molecule is CC(C)(COc1nonc1-c1ccccc1)NC(=O)CN1CCNC1=O. The van der Waals surface area contributed by atoms with Gasteiger partial charge in [-0.2, -0.15) is 0 Å². The summed E-state index contributed by atoms with van der Waals surface area (Å²) in [6.45, 7) is 4.90. The predicted octanol–water partition coefficient (Wildman–Crippen LogP) is 1.04. The van der Waals surface area contributed by atoms with Crippen LogP contribution in [0.3, 0.4) is 0 Å². The first-order valence-corrected chi connectivity index (χ1v) is 8.29. The highest BCUT2D eigenvalue weighted by Crippen LogP contribution is 2.26. The Balaban J connectivity index is 1.56. The van der Waals surface area contributed by atoms with Gasteiger partial charge in [0.05, 0.1) is 5.54 Å². The van der Waals surface area contributed by atoms with Crippen LogP contribution in [0, 0.1) is 0 Å². The van der Waals surface area contributed by atoms with Crippen molar-refractivity contribution in [1.82, 2.24) is 25.8 Å². The zero-order valence-electron chi connectivity index (χ0n) is 14.7. The summed E-state index contributed by atoms with van der Waals surface area (Å²) in [5.74, 6) is 0.00894. The third-order valence-corrected chi connectivity index (χ3v) is 3.83. The van der Waals surface area contributed by atoms with Gasteiger partial charge in [-0.15, -0.1) is 0 Å². The molecule has 9 nitrogen and oxygen atoms in total. The molecule has 1 fully saturated rings. The fraction of sp³-hybridized carbons (Fsp3) is 0.412. The molecule has 1 aromatic carbocycles. The van der Waals surface area contributed by atoms with E-state index in [-0.39, 0.29) is 31.0 Å². The van der Waals surface area contributed by atoms with Gasteiger partial charge in [-0.3, -0.25) is 4.79 Å². The van der Waals surface area contributed by atoms with Crippen molar-refractivity contribution in [3.63, 3.8) is 0 Å². The lowest BCUT2D eigenvalue weighted by Gasteiger charge is -2.26. The van der Waals surface area contributed by atoms with Gasteiger partial charge in [-0.25, -0.2) is 9.42 Å². The van der Waals surface area contributed by atoms with Crippen molar-refractivity contribution in [2.24, 2.45) is 0 Å². The smallest absolute Gasteiger partial charge is 0.317 e. The number of hydrogen-bond donors (Lipinski definition) is 2. The monoisotopic (exact) mass is 359 g/mol. The Bertz CT molecular complexity index is 774. The number of nitrogens with zero attached hydrogens (tertiary/aromatic N) is 3. The van der Waals surface area contributed by atoms with Gasteiger partial charge < -0.3 is 20.3 Å². The summed E-state index contributed by atoms with van der Waals surface area (Å²) in [4.78, 5) is 25.1. The maximum Gasteiger partial charge on any atom is 0.317 e. The first-order chi connectivity index (χ1) is 12.4. The summed E-state index contributed by atoms with van der Waals surface area (Å²) in [6.07, 6.45) is 0. The second-order valence-corrected chi connectivity index (χ2v) is 6.66. The van der Waals surface area contributed by atoms with E-state index in [9.17, 15) is 9.59 Å². The molecule has 1 aliphatic rings. The minimum absolute atomic E-state index is 0.00996. The normalized spacial score (nSPS) is 14.2. The number of urea groups is 1. The minimum Gasteiger partial charge on any atom is -0.471 e. The van der Waals surface area contributed by atoms with Gasteiger partial charge in [0.2, 0.25) is 5.91 Å². The molecule has 0 aliphatic carbocycles. The third kappa shape index (κ3) is 4.29. The molecule has 3 amide bonds. The Hall–Kier alpha value is -3.10. The lowest BCUT2D eigenvalue weighted by molar-refractivity contribution is -0.123. The van der Waals surface area contributed by atoms with Gasteiger partial charge in [0.1, 0.15) is 13.2 Å². The van der Waals surface area contributed by atoms with Crippen molar-refractivity contribution < 1.29 is 19.0 Å². The van der Waals surface area contributed by atoms with Gasteiger partial charge in [0, 0.05) is 18.7 Å². The van der Waals surface area contributed by atoms with Crippen LogP contribution in [-0.4, -0.2) is 58.9 Å². The van der Waals surface area contributed by atoms with Crippen molar-refractivity contribution in [3.05, 3.63) is 30.3 Å². The molecule has 2 N–H and O–H groups in total. The lowest BCUT2D eigenvalue weighted by atomic mass is 10.1. The maximum atomic E-state index is 12.2. The Morgan fingerprint density at radius 1 is 1.35 bits per heavy atom. The molecule has 26 heavy (non-hydrogen) atoms. The third-order valence-electron chi connectivity index (χ3n) is 3.83. The second-order valence-electron chi connectivity index (χ2n) is 6.66. The molecule has 1 aliphatic heterocycles. The number of aromatic nitrogens is 2. The molecule has 0 spiro atoms. The summed E-state index contributed by atoms with van der Waals surface area (Å²) < 4.78 is 10.5. The Labute approximate surface area is 150 Å². The standard InChI is InChI=1S/C17H21N5O4/c1-17(2,19-13(23)10-22-9-8-18-16(22)24)11-25-15-14(20-26-21-15)12-6-4-3-5-7-12/h3-7H,8-11H2,1-2H3,(H,18,24)(H,19,23). The number of amides is 3. The average Bonchev–Trinajstić information content (AvgIpc) is 3.23. The van der Waals surface area contributed by atoms with Gasteiger partial charge >= 0.3 is 6.03 Å². The summed E-state index contributed by atoms with van der Waals surface area (Å²) >= 11 is 0. The van der Waals surface area contributed by atoms with E-state index in [1.165, 1.54) is 4.90 Å². The zero-order valence-corrected chi connectivity index (χ0v) is 14.7. The Kier molecular flexibility index (Phi) is 5.06. The zero-order chi connectivity index (χ0) is 18.6. The van der Waals surface area contributed by atoms with E-state index in [1.54, 1.807) is 0 Å². The van der Waals surface area contributed by atoms with E-state index in [0.29, 0.717) is 18.8 Å². The molecular formula is C17H21N5O4. The van der Waals surface area contributed by atoms with Crippen molar-refractivity contribution in [1.29, 1.82) is 0 Å². The van der Waals surface area contributed by atoms with E-state index in [2.05, 4.69) is 20.9 Å². The van der Waals surface area contributed by atoms with E-state index in [1.807, 2.05) is 44.2 Å². The van der Waals surface area contributed by atoms with Crippen LogP contribution in [0.15, 0.2) is 35.0 Å².